The van der Waals surface area contributed by atoms with E-state index in [1.165, 1.54) is 38.9 Å². The Labute approximate surface area is 127 Å². The van der Waals surface area contributed by atoms with Gasteiger partial charge in [0, 0.05) is 21.3 Å². The van der Waals surface area contributed by atoms with E-state index in [9.17, 15) is 0 Å². The lowest BCUT2D eigenvalue weighted by Gasteiger charge is -2.12. The molecule has 1 aromatic carbocycles. The molecule has 0 aliphatic heterocycles. The molecule has 1 fully saturated rings. The van der Waals surface area contributed by atoms with E-state index in [1.54, 1.807) is 0 Å². The van der Waals surface area contributed by atoms with Crippen LogP contribution in [0, 0.1) is 6.92 Å². The molecule has 100 valence electrons. The number of thiophene rings is 1. The van der Waals surface area contributed by atoms with Crippen LogP contribution in [0.4, 0.5) is 0 Å². The molecule has 0 spiro atoms. The summed E-state index contributed by atoms with van der Waals surface area (Å²) < 4.78 is 1.19. The molecule has 0 amide bonds. The minimum Gasteiger partial charge on any atom is -0.319 e. The van der Waals surface area contributed by atoms with Gasteiger partial charge in [-0.2, -0.15) is 0 Å². The average molecular weight is 336 g/mol. The van der Waals surface area contributed by atoms with Crippen LogP contribution in [0.3, 0.4) is 0 Å². The van der Waals surface area contributed by atoms with Crippen molar-refractivity contribution < 1.29 is 0 Å². The van der Waals surface area contributed by atoms with Gasteiger partial charge in [0.1, 0.15) is 0 Å². The Morgan fingerprint density at radius 2 is 2.11 bits per heavy atom. The summed E-state index contributed by atoms with van der Waals surface area (Å²) >= 11 is 5.48. The zero-order valence-corrected chi connectivity index (χ0v) is 13.7. The van der Waals surface area contributed by atoms with Crippen molar-refractivity contribution in [2.45, 2.75) is 25.2 Å². The maximum Gasteiger partial charge on any atom is 0.0346 e. The molecule has 1 aromatic heterocycles. The summed E-state index contributed by atoms with van der Waals surface area (Å²) in [6, 6.07) is 9.00. The van der Waals surface area contributed by atoms with E-state index in [-0.39, 0.29) is 0 Å². The van der Waals surface area contributed by atoms with E-state index in [4.69, 9.17) is 0 Å². The fourth-order valence-corrected chi connectivity index (χ4v) is 3.98. The van der Waals surface area contributed by atoms with Crippen LogP contribution >= 0.6 is 27.3 Å². The number of nitrogens with one attached hydrogen (secondary N) is 1. The molecule has 0 radical (unpaired) electrons. The van der Waals surface area contributed by atoms with Crippen LogP contribution < -0.4 is 5.32 Å². The Hall–Kier alpha value is -0.640. The van der Waals surface area contributed by atoms with Gasteiger partial charge in [-0.15, -0.1) is 11.3 Å². The molecule has 0 unspecified atom stereocenters. The quantitative estimate of drug-likeness (QED) is 0.851. The van der Waals surface area contributed by atoms with Gasteiger partial charge in [-0.1, -0.05) is 28.1 Å². The third-order valence-corrected chi connectivity index (χ3v) is 5.87. The lowest BCUT2D eigenvalue weighted by molar-refractivity contribution is 0.626. The van der Waals surface area contributed by atoms with Crippen LogP contribution in [0.5, 0.6) is 0 Å². The van der Waals surface area contributed by atoms with Crippen LogP contribution in [0.25, 0.3) is 10.4 Å². The molecule has 1 aliphatic rings. The van der Waals surface area contributed by atoms with Crippen molar-refractivity contribution in [3.05, 3.63) is 45.2 Å². The molecule has 19 heavy (non-hydrogen) atoms. The third kappa shape index (κ3) is 2.51. The van der Waals surface area contributed by atoms with E-state index in [0.29, 0.717) is 5.41 Å². The highest BCUT2D eigenvalue weighted by Crippen LogP contribution is 2.49. The first-order chi connectivity index (χ1) is 9.14. The van der Waals surface area contributed by atoms with Crippen molar-refractivity contribution >= 4 is 27.3 Å². The largest absolute Gasteiger partial charge is 0.319 e. The number of benzene rings is 1. The Balaban J connectivity index is 1.91. The van der Waals surface area contributed by atoms with Gasteiger partial charge in [-0.25, -0.2) is 0 Å². The van der Waals surface area contributed by atoms with Crippen LogP contribution in [0.2, 0.25) is 0 Å². The highest BCUT2D eigenvalue weighted by Gasteiger charge is 2.44. The average Bonchev–Trinajstić information content (AvgIpc) is 3.01. The summed E-state index contributed by atoms with van der Waals surface area (Å²) in [7, 11) is 2.05. The van der Waals surface area contributed by atoms with Crippen molar-refractivity contribution in [3.8, 4) is 10.4 Å². The maximum absolute atomic E-state index is 3.62. The minimum atomic E-state index is 0.422. The summed E-state index contributed by atoms with van der Waals surface area (Å²) in [5, 5.41) is 5.67. The van der Waals surface area contributed by atoms with Gasteiger partial charge in [-0.3, -0.25) is 0 Å². The summed E-state index contributed by atoms with van der Waals surface area (Å²) in [4.78, 5) is 1.37. The molecule has 0 bridgehead atoms. The summed E-state index contributed by atoms with van der Waals surface area (Å²) in [6.45, 7) is 3.22. The predicted octanol–water partition coefficient (Wildman–Crippen LogP) is 4.74. The highest BCUT2D eigenvalue weighted by molar-refractivity contribution is 9.10. The van der Waals surface area contributed by atoms with Crippen LogP contribution in [0.15, 0.2) is 34.1 Å². The molecule has 1 saturated carbocycles. The molecule has 2 aromatic rings. The van der Waals surface area contributed by atoms with Gasteiger partial charge >= 0.3 is 0 Å². The zero-order chi connectivity index (χ0) is 13.5. The molecule has 1 aliphatic carbocycles. The predicted molar refractivity (Wildman–Crippen MR) is 87.0 cm³/mol. The van der Waals surface area contributed by atoms with Crippen molar-refractivity contribution in [1.82, 2.24) is 5.32 Å². The molecular formula is C16H18BrNS. The Morgan fingerprint density at radius 1 is 1.32 bits per heavy atom. The van der Waals surface area contributed by atoms with Crippen molar-refractivity contribution in [3.63, 3.8) is 0 Å². The molecule has 1 nitrogen and oxygen atoms in total. The van der Waals surface area contributed by atoms with E-state index in [2.05, 4.69) is 57.8 Å². The number of hydrogen-bond acceptors (Lipinski definition) is 2. The monoisotopic (exact) mass is 335 g/mol. The van der Waals surface area contributed by atoms with Gasteiger partial charge < -0.3 is 5.32 Å². The highest BCUT2D eigenvalue weighted by atomic mass is 79.9. The lowest BCUT2D eigenvalue weighted by Crippen LogP contribution is -2.22. The van der Waals surface area contributed by atoms with E-state index in [0.717, 1.165) is 6.54 Å². The number of rotatable bonds is 4. The van der Waals surface area contributed by atoms with Gasteiger partial charge in [0.25, 0.3) is 0 Å². The van der Waals surface area contributed by atoms with Crippen LogP contribution in [0.1, 0.15) is 24.0 Å². The Bertz CT molecular complexity index is 599. The van der Waals surface area contributed by atoms with Gasteiger partial charge in [0.2, 0.25) is 0 Å². The number of aryl methyl sites for hydroxylation is 1. The normalized spacial score (nSPS) is 16.6. The van der Waals surface area contributed by atoms with Crippen molar-refractivity contribution in [2.24, 2.45) is 0 Å². The first-order valence-corrected chi connectivity index (χ1v) is 8.32. The van der Waals surface area contributed by atoms with Gasteiger partial charge in [-0.05, 0) is 61.0 Å². The fourth-order valence-electron chi connectivity index (χ4n) is 2.57. The summed E-state index contributed by atoms with van der Waals surface area (Å²) in [5.74, 6) is 0. The first kappa shape index (κ1) is 13.3. The number of hydrogen-bond donors (Lipinski definition) is 1. The van der Waals surface area contributed by atoms with Crippen LogP contribution in [-0.2, 0) is 5.41 Å². The molecule has 1 N–H and O–H groups in total. The summed E-state index contributed by atoms with van der Waals surface area (Å²) in [6.07, 6.45) is 2.64. The maximum atomic E-state index is 3.62. The van der Waals surface area contributed by atoms with Gasteiger partial charge in [0.15, 0.2) is 0 Å². The Kier molecular flexibility index (Phi) is 3.54. The molecule has 3 heteroatoms. The fraction of sp³-hybridized carbons (Fsp3) is 0.375. The van der Waals surface area contributed by atoms with Crippen molar-refractivity contribution in [1.29, 1.82) is 0 Å². The van der Waals surface area contributed by atoms with E-state index >= 15 is 0 Å². The molecule has 3 rings (SSSR count). The number of likely N-dealkylation sites (N-methyl/N-ethyl adjacent to an activating group) is 1. The molecule has 1 heterocycles. The second-order valence-electron chi connectivity index (χ2n) is 5.47. The smallest absolute Gasteiger partial charge is 0.0346 e. The minimum absolute atomic E-state index is 0.422. The standard InChI is InChI=1S/C16H18BrNS/c1-11-3-4-12(7-14(11)17)15-8-13(9-19-15)16(5-6-16)10-18-2/h3-4,7-9,18H,5-6,10H2,1-2H3. The Morgan fingerprint density at radius 3 is 2.74 bits per heavy atom. The van der Waals surface area contributed by atoms with E-state index < -0.39 is 0 Å². The van der Waals surface area contributed by atoms with E-state index in [1.807, 2.05) is 18.4 Å². The zero-order valence-electron chi connectivity index (χ0n) is 11.3. The second kappa shape index (κ2) is 5.04. The van der Waals surface area contributed by atoms with Gasteiger partial charge in [0.05, 0.1) is 0 Å². The topological polar surface area (TPSA) is 12.0 Å². The molecule has 0 saturated heterocycles. The summed E-state index contributed by atoms with van der Waals surface area (Å²) in [5.41, 5.74) is 4.53. The molecule has 0 atom stereocenters. The van der Waals surface area contributed by atoms with Crippen LogP contribution in [-0.4, -0.2) is 13.6 Å². The third-order valence-electron chi connectivity index (χ3n) is 4.04. The second-order valence-corrected chi connectivity index (χ2v) is 7.24. The first-order valence-electron chi connectivity index (χ1n) is 6.65. The SMILES string of the molecule is CNCC1(c2csc(-c3ccc(C)c(Br)c3)c2)CC1. The number of halogens is 1. The lowest BCUT2D eigenvalue weighted by atomic mass is 9.98. The molecular weight excluding hydrogens is 318 g/mol. The van der Waals surface area contributed by atoms with Crippen molar-refractivity contribution in [2.75, 3.05) is 13.6 Å².